The van der Waals surface area contributed by atoms with Crippen LogP contribution in [0, 0.1) is 0 Å². The molecule has 79 heavy (non-hydrogen) atoms. The molecule has 0 aliphatic carbocycles. The Hall–Kier alpha value is -1.07. The van der Waals surface area contributed by atoms with Crippen LogP contribution in [-0.2, 0) is 4.79 Å². The summed E-state index contributed by atoms with van der Waals surface area (Å²) < 4.78 is 0. The molecular formula is C74H158N4O. The molecule has 2 aliphatic heterocycles. The zero-order valence-corrected chi connectivity index (χ0v) is 58.5. The van der Waals surface area contributed by atoms with Gasteiger partial charge in [0.1, 0.15) is 0 Å². The van der Waals surface area contributed by atoms with Crippen LogP contribution in [0.5, 0.6) is 0 Å². The standard InChI is InChI=1S/C27H57N.C22H41N3O.C13H28.C5H12.C3H8.2C2H6/c1-4-7-9-11-13-15-17-19-21-23-26-28(25-6-3)27-24-22-20-18-16-14-12-10-8-5-2;1-5-8-9-10-11-12-13-14-23(7-3)18-22(26)25-17-20-15-21(25)16-24(20)19(4)6-2;1-3-5-7-9-11-13-12-10-8-6-4-2;1-3-5-4-2;1-3-2;2*1-2/h4-27H2,1-3H3;20-21H,4-18H2,1-3H3;3-13H2,1-2H3;3-5H2,1-2H3;3H2,1-2H3;2*1-2H3. The molecule has 5 nitrogen and oxygen atoms in total. The van der Waals surface area contributed by atoms with Gasteiger partial charge < -0.3 is 14.7 Å². The van der Waals surface area contributed by atoms with E-state index in [1.165, 1.54) is 301 Å². The summed E-state index contributed by atoms with van der Waals surface area (Å²) in [6, 6.07) is 0.919. The number of fused-ring (bicyclic) bond motifs is 2. The minimum atomic E-state index is 0.337. The first kappa shape index (κ1) is 86.7. The quantitative estimate of drug-likeness (QED) is 0.0568. The molecular weight excluding hydrogens is 961 g/mol. The lowest BCUT2D eigenvalue weighted by Gasteiger charge is -2.37. The van der Waals surface area contributed by atoms with Crippen molar-refractivity contribution in [3.63, 3.8) is 0 Å². The Kier molecular flexibility index (Phi) is 84.4. The number of likely N-dealkylation sites (N-methyl/N-ethyl adjacent to an activating group) is 1. The van der Waals surface area contributed by atoms with E-state index in [1.807, 2.05) is 27.7 Å². The van der Waals surface area contributed by atoms with Gasteiger partial charge in [-0.3, -0.25) is 9.69 Å². The zero-order chi connectivity index (χ0) is 60.1. The highest BCUT2D eigenvalue weighted by Crippen LogP contribution is 2.34. The third kappa shape index (κ3) is 62.8. The fourth-order valence-corrected chi connectivity index (χ4v) is 10.9. The van der Waals surface area contributed by atoms with Crippen LogP contribution >= 0.6 is 0 Å². The third-order valence-corrected chi connectivity index (χ3v) is 15.9. The van der Waals surface area contributed by atoms with Crippen molar-refractivity contribution in [3.8, 4) is 0 Å². The van der Waals surface area contributed by atoms with E-state index in [0.29, 0.717) is 24.5 Å². The molecule has 0 saturated carbocycles. The van der Waals surface area contributed by atoms with Gasteiger partial charge in [0.25, 0.3) is 0 Å². The normalized spacial score (nSPS) is 13.9. The van der Waals surface area contributed by atoms with Gasteiger partial charge in [0.05, 0.1) is 12.6 Å². The number of likely N-dealkylation sites (tertiary alicyclic amines) is 2. The number of hydrogen-bond donors (Lipinski definition) is 0. The van der Waals surface area contributed by atoms with Gasteiger partial charge >= 0.3 is 0 Å². The summed E-state index contributed by atoms with van der Waals surface area (Å²) in [5, 5.41) is 0. The largest absolute Gasteiger partial charge is 0.368 e. The highest BCUT2D eigenvalue weighted by atomic mass is 16.2. The van der Waals surface area contributed by atoms with E-state index in [2.05, 4.69) is 109 Å². The van der Waals surface area contributed by atoms with Crippen LogP contribution < -0.4 is 0 Å². The first-order valence-electron chi connectivity index (χ1n) is 36.9. The van der Waals surface area contributed by atoms with E-state index >= 15 is 0 Å². The van der Waals surface area contributed by atoms with Crippen molar-refractivity contribution in [3.05, 3.63) is 12.3 Å². The third-order valence-electron chi connectivity index (χ3n) is 15.9. The molecule has 2 fully saturated rings. The molecule has 2 bridgehead atoms. The summed E-state index contributed by atoms with van der Waals surface area (Å²) in [7, 11) is 0. The monoisotopic (exact) mass is 1120 g/mol. The van der Waals surface area contributed by atoms with E-state index in [9.17, 15) is 4.79 Å². The van der Waals surface area contributed by atoms with Gasteiger partial charge in [0.2, 0.25) is 5.91 Å². The number of allylic oxidation sites excluding steroid dienone is 1. The molecule has 0 N–H and O–H groups in total. The molecule has 2 unspecified atom stereocenters. The van der Waals surface area contributed by atoms with Gasteiger partial charge in [-0.25, -0.2) is 0 Å². The highest BCUT2D eigenvalue weighted by Gasteiger charge is 2.45. The molecule has 2 aliphatic rings. The van der Waals surface area contributed by atoms with Crippen molar-refractivity contribution in [1.82, 2.24) is 19.6 Å². The molecule has 480 valence electrons. The summed E-state index contributed by atoms with van der Waals surface area (Å²) in [6.45, 7) is 47.5. The molecule has 2 heterocycles. The molecule has 0 radical (unpaired) electrons. The van der Waals surface area contributed by atoms with Gasteiger partial charge in [-0.05, 0) is 71.2 Å². The van der Waals surface area contributed by atoms with Gasteiger partial charge in [0.15, 0.2) is 0 Å². The van der Waals surface area contributed by atoms with Gasteiger partial charge in [-0.2, -0.15) is 0 Å². The maximum Gasteiger partial charge on any atom is 0.237 e. The molecule has 0 spiro atoms. The number of carbonyl (C=O) groups excluding carboxylic acids is 1. The van der Waals surface area contributed by atoms with Gasteiger partial charge in [0, 0.05) is 24.8 Å². The Morgan fingerprint density at radius 2 is 0.595 bits per heavy atom. The maximum atomic E-state index is 12.8. The lowest BCUT2D eigenvalue weighted by atomic mass is 10.1. The average molecular weight is 1120 g/mol. The number of rotatable bonds is 49. The van der Waals surface area contributed by atoms with E-state index in [-0.39, 0.29) is 0 Å². The zero-order valence-electron chi connectivity index (χ0n) is 58.5. The van der Waals surface area contributed by atoms with E-state index in [1.54, 1.807) is 0 Å². The van der Waals surface area contributed by atoms with Crippen molar-refractivity contribution < 1.29 is 4.79 Å². The van der Waals surface area contributed by atoms with Crippen molar-refractivity contribution in [2.45, 2.75) is 412 Å². The number of unbranched alkanes of at least 4 members (excludes halogenated alkanes) is 36. The fourth-order valence-electron chi connectivity index (χ4n) is 10.9. The number of nitrogens with zero attached hydrogens (tertiary/aromatic N) is 4. The summed E-state index contributed by atoms with van der Waals surface area (Å²) in [6.07, 6.45) is 63.0. The molecule has 2 saturated heterocycles. The Morgan fingerprint density at radius 3 is 0.823 bits per heavy atom. The van der Waals surface area contributed by atoms with Crippen LogP contribution in [0.3, 0.4) is 0 Å². The molecule has 0 aromatic rings. The Labute approximate surface area is 504 Å². The summed E-state index contributed by atoms with van der Waals surface area (Å²) in [5.41, 5.74) is 1.23. The highest BCUT2D eigenvalue weighted by molar-refractivity contribution is 5.79. The first-order valence-corrected chi connectivity index (χ1v) is 36.9. The van der Waals surface area contributed by atoms with Crippen LogP contribution in [0.2, 0.25) is 0 Å². The number of carbonyl (C=O) groups is 1. The van der Waals surface area contributed by atoms with Crippen molar-refractivity contribution >= 4 is 5.91 Å². The van der Waals surface area contributed by atoms with Crippen molar-refractivity contribution in [1.29, 1.82) is 0 Å². The first-order chi connectivity index (χ1) is 38.7. The van der Waals surface area contributed by atoms with E-state index in [0.717, 1.165) is 39.0 Å². The predicted molar refractivity (Wildman–Crippen MR) is 367 cm³/mol. The lowest BCUT2D eigenvalue weighted by Crippen LogP contribution is -2.50. The molecule has 0 aromatic heterocycles. The SMILES string of the molecule is C=C(CC)N1CC2CC1CN2C(=O)CN(CC)CCCCCCCCC.CC.CC.CCC.CCCCC.CCCCCCCCCCCCC.CCCCCCCCCCCCN(CCC)CCCCCCCCCCCC. The van der Waals surface area contributed by atoms with Crippen LogP contribution in [0.1, 0.15) is 400 Å². The molecule has 2 atom stereocenters. The molecule has 1 amide bonds. The van der Waals surface area contributed by atoms with E-state index in [4.69, 9.17) is 0 Å². The summed E-state index contributed by atoms with van der Waals surface area (Å²) >= 11 is 0. The van der Waals surface area contributed by atoms with Gasteiger partial charge in [-0.15, -0.1) is 0 Å². The molecule has 2 rings (SSSR count). The Morgan fingerprint density at radius 1 is 0.342 bits per heavy atom. The second-order valence-electron chi connectivity index (χ2n) is 23.6. The number of amides is 1. The predicted octanol–water partition coefficient (Wildman–Crippen LogP) is 24.8. The Balaban J connectivity index is -0.000000327. The summed E-state index contributed by atoms with van der Waals surface area (Å²) in [5.74, 6) is 0.337. The number of piperazine rings is 1. The van der Waals surface area contributed by atoms with Crippen LogP contribution in [-0.4, -0.2) is 89.9 Å². The summed E-state index contributed by atoms with van der Waals surface area (Å²) in [4.78, 5) is 22.5. The second-order valence-corrected chi connectivity index (χ2v) is 23.6. The van der Waals surface area contributed by atoms with Crippen molar-refractivity contribution in [2.75, 3.05) is 52.4 Å². The minimum absolute atomic E-state index is 0.337. The second kappa shape index (κ2) is 76.9. The lowest BCUT2D eigenvalue weighted by molar-refractivity contribution is -0.134. The topological polar surface area (TPSA) is 30.0 Å². The van der Waals surface area contributed by atoms with Crippen molar-refractivity contribution in [2.24, 2.45) is 0 Å². The van der Waals surface area contributed by atoms with Crippen LogP contribution in [0.4, 0.5) is 0 Å². The molecule has 5 heteroatoms. The minimum Gasteiger partial charge on any atom is -0.368 e. The van der Waals surface area contributed by atoms with Gasteiger partial charge in [-0.1, -0.05) is 368 Å². The molecule has 0 aromatic carbocycles. The Bertz CT molecular complexity index is 1040. The smallest absolute Gasteiger partial charge is 0.237 e. The maximum absolute atomic E-state index is 12.8. The van der Waals surface area contributed by atoms with E-state index < -0.39 is 0 Å². The average Bonchev–Trinajstić information content (AvgIpc) is 4.15. The number of hydrogen-bond acceptors (Lipinski definition) is 4. The van der Waals surface area contributed by atoms with Crippen LogP contribution in [0.25, 0.3) is 0 Å². The fraction of sp³-hybridized carbons (Fsp3) is 0.959. The van der Waals surface area contributed by atoms with Crippen LogP contribution in [0.15, 0.2) is 12.3 Å².